The molecule has 7 aromatic rings. The van der Waals surface area contributed by atoms with Crippen LogP contribution in [-0.2, 0) is 0 Å². The first-order valence-electron chi connectivity index (χ1n) is 15.7. The molecule has 11 N–H and O–H groups in total. The first-order valence-corrected chi connectivity index (χ1v) is 15.7. The van der Waals surface area contributed by atoms with Crippen molar-refractivity contribution in [3.63, 3.8) is 0 Å². The molecule has 4 amide bonds. The number of carbonyl (C=O) groups excluding carboxylic acids is 4. The maximum absolute atomic E-state index is 13.3. The zero-order chi connectivity index (χ0) is 34.1. The lowest BCUT2D eigenvalue weighted by molar-refractivity contribution is 0.0942. The van der Waals surface area contributed by atoms with Gasteiger partial charge in [-0.15, -0.1) is 0 Å². The number of nitrogens with one attached hydrogen (secondary N) is 7. The smallest absolute Gasteiger partial charge is 0.267 e. The van der Waals surface area contributed by atoms with Crippen LogP contribution in [-0.4, -0.2) is 64.8 Å². The Bertz CT molecular complexity index is 2250. The number of amides is 4. The Morgan fingerprint density at radius 3 is 1.35 bits per heavy atom. The average Bonchev–Trinajstić information content (AvgIpc) is 3.83. The Labute approximate surface area is 278 Å². The van der Waals surface area contributed by atoms with Crippen LogP contribution in [0.2, 0.25) is 0 Å². The Balaban J connectivity index is 1.09. The number of H-pyrrole nitrogens is 3. The lowest BCUT2D eigenvalue weighted by Crippen LogP contribution is -2.29. The standard InChI is InChI=1S/C36H33N9O4/c37-9-11-39-35(48)31-17-21-13-23(3-7-27(21)43-31)41-33(46)19-1-5-29-25(15-19)26-16-20(2-6-30(26)45-29)34(47)42-24-4-8-28-22(14-24)18-32(44-28)36(49)40-12-10-38/h1-8,13-18,43-45H,9-12,37-38H2,(H,39,48)(H,40,49)(H,41,46)(H,42,47). The van der Waals surface area contributed by atoms with Crippen molar-refractivity contribution >= 4 is 78.6 Å². The average molecular weight is 656 g/mol. The SMILES string of the molecule is NCCNC(=O)c1cc2cc(NC(=O)c3ccc4[nH]c5ccc(C(=O)Nc6ccc7[nH]c(C(=O)NCCN)cc7c6)cc5c4c3)ccc2[nH]1. The second kappa shape index (κ2) is 13.0. The van der Waals surface area contributed by atoms with Crippen LogP contribution < -0.4 is 32.7 Å². The number of hydrogen-bond acceptors (Lipinski definition) is 6. The number of carbonyl (C=O) groups is 4. The number of aromatic nitrogens is 3. The summed E-state index contributed by atoms with van der Waals surface area (Å²) in [6.45, 7) is 1.43. The predicted octanol–water partition coefficient (Wildman–Crippen LogP) is 4.17. The molecule has 0 saturated carbocycles. The number of hydrogen-bond donors (Lipinski definition) is 9. The van der Waals surface area contributed by atoms with Crippen molar-refractivity contribution in [2.45, 2.75) is 0 Å². The van der Waals surface area contributed by atoms with Gasteiger partial charge in [0.15, 0.2) is 0 Å². The molecule has 3 aromatic heterocycles. The van der Waals surface area contributed by atoms with E-state index in [0.29, 0.717) is 60.1 Å². The number of aromatic amines is 3. The monoisotopic (exact) mass is 655 g/mol. The quantitative estimate of drug-likeness (QED) is 0.105. The molecule has 0 unspecified atom stereocenters. The van der Waals surface area contributed by atoms with Crippen LogP contribution >= 0.6 is 0 Å². The van der Waals surface area contributed by atoms with Gasteiger partial charge >= 0.3 is 0 Å². The van der Waals surface area contributed by atoms with Crippen LogP contribution in [0.4, 0.5) is 11.4 Å². The highest BCUT2D eigenvalue weighted by molar-refractivity contribution is 6.15. The van der Waals surface area contributed by atoms with E-state index in [-0.39, 0.29) is 23.6 Å². The van der Waals surface area contributed by atoms with Crippen molar-refractivity contribution in [3.8, 4) is 0 Å². The van der Waals surface area contributed by atoms with Crippen molar-refractivity contribution < 1.29 is 19.2 Å². The number of anilines is 2. The van der Waals surface area contributed by atoms with Crippen LogP contribution in [0, 0.1) is 0 Å². The lowest BCUT2D eigenvalue weighted by atomic mass is 10.1. The normalized spacial score (nSPS) is 11.3. The molecule has 0 bridgehead atoms. The molecule has 0 saturated heterocycles. The minimum absolute atomic E-state index is 0.252. The first-order chi connectivity index (χ1) is 23.8. The van der Waals surface area contributed by atoms with Gasteiger partial charge in [0.05, 0.1) is 0 Å². The van der Waals surface area contributed by atoms with Gasteiger partial charge in [-0.25, -0.2) is 0 Å². The minimum atomic E-state index is -0.305. The topological polar surface area (TPSA) is 216 Å². The molecule has 3 heterocycles. The van der Waals surface area contributed by atoms with Crippen molar-refractivity contribution in [3.05, 3.63) is 107 Å². The van der Waals surface area contributed by atoms with Crippen LogP contribution in [0.15, 0.2) is 84.9 Å². The maximum atomic E-state index is 13.3. The molecule has 0 radical (unpaired) electrons. The molecule has 246 valence electrons. The van der Waals surface area contributed by atoms with Crippen molar-refractivity contribution in [1.29, 1.82) is 0 Å². The molecule has 0 aliphatic carbocycles. The first kappa shape index (κ1) is 31.2. The Morgan fingerprint density at radius 2 is 0.918 bits per heavy atom. The molecule has 4 aromatic carbocycles. The van der Waals surface area contributed by atoms with E-state index in [4.69, 9.17) is 11.5 Å². The van der Waals surface area contributed by atoms with E-state index < -0.39 is 0 Å². The molecular formula is C36H33N9O4. The number of benzene rings is 4. The van der Waals surface area contributed by atoms with Crippen LogP contribution in [0.3, 0.4) is 0 Å². The summed E-state index contributed by atoms with van der Waals surface area (Å²) in [5, 5.41) is 14.5. The molecule has 0 fully saturated rings. The Morgan fingerprint density at radius 1 is 0.490 bits per heavy atom. The summed E-state index contributed by atoms with van der Waals surface area (Å²) in [7, 11) is 0. The summed E-state index contributed by atoms with van der Waals surface area (Å²) in [6, 6.07) is 24.9. The van der Waals surface area contributed by atoms with Gasteiger partial charge in [-0.05, 0) is 84.9 Å². The molecule has 13 heteroatoms. The van der Waals surface area contributed by atoms with E-state index in [1.165, 1.54) is 0 Å². The maximum Gasteiger partial charge on any atom is 0.267 e. The second-order valence-corrected chi connectivity index (χ2v) is 11.6. The van der Waals surface area contributed by atoms with E-state index >= 15 is 0 Å². The highest BCUT2D eigenvalue weighted by Crippen LogP contribution is 2.29. The summed E-state index contributed by atoms with van der Waals surface area (Å²) in [4.78, 5) is 60.8. The number of rotatable bonds is 10. The van der Waals surface area contributed by atoms with E-state index in [0.717, 1.165) is 43.6 Å². The lowest BCUT2D eigenvalue weighted by Gasteiger charge is -2.07. The van der Waals surface area contributed by atoms with Gasteiger partial charge < -0.3 is 47.7 Å². The third-order valence-corrected chi connectivity index (χ3v) is 8.23. The zero-order valence-corrected chi connectivity index (χ0v) is 26.2. The van der Waals surface area contributed by atoms with Gasteiger partial charge in [-0.3, -0.25) is 19.2 Å². The molecule has 0 aliphatic heterocycles. The molecule has 49 heavy (non-hydrogen) atoms. The molecule has 13 nitrogen and oxygen atoms in total. The zero-order valence-electron chi connectivity index (χ0n) is 26.2. The summed E-state index contributed by atoms with van der Waals surface area (Å²) >= 11 is 0. The highest BCUT2D eigenvalue weighted by atomic mass is 16.2. The number of nitrogens with two attached hydrogens (primary N) is 2. The van der Waals surface area contributed by atoms with Gasteiger partial charge in [-0.2, -0.15) is 0 Å². The molecule has 0 aliphatic rings. The molecule has 0 spiro atoms. The largest absolute Gasteiger partial charge is 0.355 e. The van der Waals surface area contributed by atoms with Gasteiger partial charge in [0.25, 0.3) is 23.6 Å². The van der Waals surface area contributed by atoms with Crippen molar-refractivity contribution in [1.82, 2.24) is 25.6 Å². The fourth-order valence-electron chi connectivity index (χ4n) is 5.81. The molecule has 7 rings (SSSR count). The molecular weight excluding hydrogens is 622 g/mol. The van der Waals surface area contributed by atoms with Crippen molar-refractivity contribution in [2.24, 2.45) is 11.5 Å². The van der Waals surface area contributed by atoms with Crippen LogP contribution in [0.1, 0.15) is 41.7 Å². The number of fused-ring (bicyclic) bond motifs is 5. The van der Waals surface area contributed by atoms with E-state index in [2.05, 4.69) is 36.2 Å². The van der Waals surface area contributed by atoms with Gasteiger partial charge in [0, 0.05) is 92.3 Å². The predicted molar refractivity (Wildman–Crippen MR) is 191 cm³/mol. The third-order valence-electron chi connectivity index (χ3n) is 8.23. The fourth-order valence-corrected chi connectivity index (χ4v) is 5.81. The van der Waals surface area contributed by atoms with Gasteiger partial charge in [-0.1, -0.05) is 0 Å². The van der Waals surface area contributed by atoms with Crippen LogP contribution in [0.5, 0.6) is 0 Å². The van der Waals surface area contributed by atoms with E-state index in [1.807, 2.05) is 12.1 Å². The highest BCUT2D eigenvalue weighted by Gasteiger charge is 2.15. The van der Waals surface area contributed by atoms with Crippen molar-refractivity contribution in [2.75, 3.05) is 36.8 Å². The Hall–Kier alpha value is -6.44. The third kappa shape index (κ3) is 6.31. The van der Waals surface area contributed by atoms with Crippen LogP contribution in [0.25, 0.3) is 43.6 Å². The Kier molecular flexibility index (Phi) is 8.26. The van der Waals surface area contributed by atoms with E-state index in [9.17, 15) is 19.2 Å². The minimum Gasteiger partial charge on any atom is -0.355 e. The van der Waals surface area contributed by atoms with Gasteiger partial charge in [0.2, 0.25) is 0 Å². The summed E-state index contributed by atoms with van der Waals surface area (Å²) in [5.74, 6) is -1.11. The molecule has 0 atom stereocenters. The summed E-state index contributed by atoms with van der Waals surface area (Å²) in [6.07, 6.45) is 0. The fraction of sp³-hybridized carbons (Fsp3) is 0.111. The summed E-state index contributed by atoms with van der Waals surface area (Å²) < 4.78 is 0. The van der Waals surface area contributed by atoms with E-state index in [1.54, 1.807) is 72.8 Å². The second-order valence-electron chi connectivity index (χ2n) is 11.6. The summed E-state index contributed by atoms with van der Waals surface area (Å²) in [5.41, 5.74) is 17.0. The van der Waals surface area contributed by atoms with Gasteiger partial charge in [0.1, 0.15) is 11.4 Å².